The molecule has 0 aliphatic carbocycles. The Kier molecular flexibility index (Phi) is 3.22. The summed E-state index contributed by atoms with van der Waals surface area (Å²) in [7, 11) is 0. The molecule has 2 aliphatic heterocycles. The molecule has 18 heavy (non-hydrogen) atoms. The Labute approximate surface area is 117 Å². The summed E-state index contributed by atoms with van der Waals surface area (Å²) in [6.45, 7) is 0.702. The molecule has 92 valence electrons. The standard InChI is InChI=1S/C12H10BrN3OS/c13-9-5-3-8(4-6-9)11-15-16-10(17)2-1-7-14-12(16)18-11/h3-6H,1-2,7H2. The third kappa shape index (κ3) is 2.22. The van der Waals surface area contributed by atoms with Crippen LogP contribution in [0.25, 0.3) is 0 Å². The van der Waals surface area contributed by atoms with Gasteiger partial charge in [0, 0.05) is 23.0 Å². The fourth-order valence-corrected chi connectivity index (χ4v) is 2.96. The van der Waals surface area contributed by atoms with E-state index in [9.17, 15) is 4.79 Å². The summed E-state index contributed by atoms with van der Waals surface area (Å²) in [5.41, 5.74) is 1.01. The van der Waals surface area contributed by atoms with Crippen molar-refractivity contribution < 1.29 is 4.79 Å². The summed E-state index contributed by atoms with van der Waals surface area (Å²) in [6, 6.07) is 7.89. The number of halogens is 1. The third-order valence-electron chi connectivity index (χ3n) is 2.68. The molecular weight excluding hydrogens is 314 g/mol. The van der Waals surface area contributed by atoms with Crippen LogP contribution in [-0.4, -0.2) is 27.7 Å². The van der Waals surface area contributed by atoms with Gasteiger partial charge in [-0.3, -0.25) is 9.79 Å². The van der Waals surface area contributed by atoms with Gasteiger partial charge in [0.25, 0.3) is 0 Å². The minimum atomic E-state index is 0.0332. The number of nitrogens with zero attached hydrogens (tertiary/aromatic N) is 3. The van der Waals surface area contributed by atoms with Crippen LogP contribution in [-0.2, 0) is 4.79 Å². The molecule has 0 spiro atoms. The van der Waals surface area contributed by atoms with Gasteiger partial charge in [-0.2, -0.15) is 10.1 Å². The number of thioether (sulfide) groups is 1. The zero-order valence-corrected chi connectivity index (χ0v) is 11.9. The van der Waals surface area contributed by atoms with Crippen molar-refractivity contribution in [2.24, 2.45) is 10.1 Å². The fourth-order valence-electron chi connectivity index (χ4n) is 1.77. The zero-order chi connectivity index (χ0) is 12.5. The van der Waals surface area contributed by atoms with E-state index in [4.69, 9.17) is 0 Å². The van der Waals surface area contributed by atoms with Crippen molar-refractivity contribution in [1.29, 1.82) is 0 Å². The molecule has 0 saturated carbocycles. The number of aliphatic imine (C=N–C) groups is 1. The molecular formula is C12H10BrN3OS. The van der Waals surface area contributed by atoms with Gasteiger partial charge in [0.15, 0.2) is 5.17 Å². The van der Waals surface area contributed by atoms with Crippen molar-refractivity contribution in [2.75, 3.05) is 6.54 Å². The number of hydrogen-bond donors (Lipinski definition) is 0. The van der Waals surface area contributed by atoms with Crippen LogP contribution in [0.3, 0.4) is 0 Å². The summed E-state index contributed by atoms with van der Waals surface area (Å²) < 4.78 is 1.03. The lowest BCUT2D eigenvalue weighted by Gasteiger charge is -2.07. The summed E-state index contributed by atoms with van der Waals surface area (Å²) >= 11 is 4.86. The van der Waals surface area contributed by atoms with Gasteiger partial charge in [0.1, 0.15) is 5.04 Å². The van der Waals surface area contributed by atoms with Crippen molar-refractivity contribution in [2.45, 2.75) is 12.8 Å². The molecule has 0 N–H and O–H groups in total. The molecule has 4 nitrogen and oxygen atoms in total. The van der Waals surface area contributed by atoms with Crippen LogP contribution in [0.4, 0.5) is 0 Å². The highest BCUT2D eigenvalue weighted by Crippen LogP contribution is 2.28. The van der Waals surface area contributed by atoms with Crippen LogP contribution >= 0.6 is 27.7 Å². The highest BCUT2D eigenvalue weighted by molar-refractivity contribution is 9.10. The second-order valence-electron chi connectivity index (χ2n) is 3.99. The maximum absolute atomic E-state index is 11.8. The van der Waals surface area contributed by atoms with Gasteiger partial charge in [-0.05, 0) is 30.3 Å². The predicted molar refractivity (Wildman–Crippen MR) is 76.7 cm³/mol. The summed E-state index contributed by atoms with van der Waals surface area (Å²) in [4.78, 5) is 16.2. The first-order valence-corrected chi connectivity index (χ1v) is 7.25. The van der Waals surface area contributed by atoms with E-state index in [2.05, 4.69) is 26.0 Å². The van der Waals surface area contributed by atoms with Crippen molar-refractivity contribution in [3.63, 3.8) is 0 Å². The Morgan fingerprint density at radius 3 is 2.83 bits per heavy atom. The van der Waals surface area contributed by atoms with E-state index in [1.165, 1.54) is 16.8 Å². The molecule has 6 heteroatoms. The van der Waals surface area contributed by atoms with Crippen molar-refractivity contribution >= 4 is 43.8 Å². The van der Waals surface area contributed by atoms with E-state index in [-0.39, 0.29) is 5.91 Å². The smallest absolute Gasteiger partial charge is 0.249 e. The number of hydrogen-bond acceptors (Lipinski definition) is 4. The molecule has 1 aromatic rings. The van der Waals surface area contributed by atoms with Gasteiger partial charge in [-0.25, -0.2) is 0 Å². The molecule has 2 aliphatic rings. The third-order valence-corrected chi connectivity index (χ3v) is 4.21. The topological polar surface area (TPSA) is 45.0 Å². The van der Waals surface area contributed by atoms with Crippen molar-refractivity contribution in [3.8, 4) is 0 Å². The minimum absolute atomic E-state index is 0.0332. The largest absolute Gasteiger partial charge is 0.272 e. The number of benzene rings is 1. The second-order valence-corrected chi connectivity index (χ2v) is 5.86. The number of hydrazone groups is 1. The van der Waals surface area contributed by atoms with E-state index >= 15 is 0 Å². The number of rotatable bonds is 1. The van der Waals surface area contributed by atoms with E-state index < -0.39 is 0 Å². The molecule has 1 amide bonds. The maximum atomic E-state index is 11.8. The Morgan fingerprint density at radius 1 is 1.28 bits per heavy atom. The average Bonchev–Trinajstić information content (AvgIpc) is 2.72. The minimum Gasteiger partial charge on any atom is -0.272 e. The average molecular weight is 324 g/mol. The second kappa shape index (κ2) is 4.85. The monoisotopic (exact) mass is 323 g/mol. The predicted octanol–water partition coefficient (Wildman–Crippen LogP) is 2.84. The van der Waals surface area contributed by atoms with Crippen LogP contribution in [0, 0.1) is 0 Å². The van der Waals surface area contributed by atoms with Crippen LogP contribution in [0.5, 0.6) is 0 Å². The number of amides is 1. The molecule has 0 unspecified atom stereocenters. The number of fused-ring (bicyclic) bond motifs is 1. The SMILES string of the molecule is O=C1CCCN=C2SC(c3ccc(Br)cc3)=NN12. The lowest BCUT2D eigenvalue weighted by atomic mass is 10.2. The Balaban J connectivity index is 1.92. The number of carbonyl (C=O) groups is 1. The molecule has 0 aromatic heterocycles. The van der Waals surface area contributed by atoms with E-state index in [1.807, 2.05) is 24.3 Å². The van der Waals surface area contributed by atoms with Crippen LogP contribution in [0.15, 0.2) is 38.8 Å². The quantitative estimate of drug-likeness (QED) is 0.797. The first-order chi connectivity index (χ1) is 8.74. The first kappa shape index (κ1) is 11.9. The van der Waals surface area contributed by atoms with E-state index in [0.717, 1.165) is 21.5 Å². The van der Waals surface area contributed by atoms with Crippen molar-refractivity contribution in [3.05, 3.63) is 34.3 Å². The molecule has 2 heterocycles. The van der Waals surface area contributed by atoms with Crippen LogP contribution in [0.2, 0.25) is 0 Å². The molecule has 0 fully saturated rings. The van der Waals surface area contributed by atoms with E-state index in [1.54, 1.807) is 0 Å². The van der Waals surface area contributed by atoms with Gasteiger partial charge in [-0.15, -0.1) is 0 Å². The number of carbonyl (C=O) groups excluding carboxylic acids is 1. The van der Waals surface area contributed by atoms with Gasteiger partial charge < -0.3 is 0 Å². The number of amidine groups is 1. The molecule has 0 saturated heterocycles. The molecule has 0 bridgehead atoms. The normalized spacial score (nSPS) is 19.2. The van der Waals surface area contributed by atoms with Crippen molar-refractivity contribution in [1.82, 2.24) is 5.01 Å². The Hall–Kier alpha value is -1.14. The van der Waals surface area contributed by atoms with Crippen LogP contribution < -0.4 is 0 Å². The van der Waals surface area contributed by atoms with Gasteiger partial charge in [0.2, 0.25) is 5.91 Å². The van der Waals surface area contributed by atoms with Gasteiger partial charge >= 0.3 is 0 Å². The fraction of sp³-hybridized carbons (Fsp3) is 0.250. The Morgan fingerprint density at radius 2 is 2.06 bits per heavy atom. The first-order valence-electron chi connectivity index (χ1n) is 5.64. The summed E-state index contributed by atoms with van der Waals surface area (Å²) in [5.74, 6) is 0.0332. The zero-order valence-electron chi connectivity index (χ0n) is 9.47. The maximum Gasteiger partial charge on any atom is 0.249 e. The Bertz CT molecular complexity index is 553. The highest BCUT2D eigenvalue weighted by atomic mass is 79.9. The molecule has 3 rings (SSSR count). The van der Waals surface area contributed by atoms with Crippen LogP contribution in [0.1, 0.15) is 18.4 Å². The summed E-state index contributed by atoms with van der Waals surface area (Å²) in [6.07, 6.45) is 1.33. The van der Waals surface area contributed by atoms with E-state index in [0.29, 0.717) is 18.1 Å². The summed E-state index contributed by atoms with van der Waals surface area (Å²) in [5, 5.41) is 7.34. The molecule has 0 atom stereocenters. The highest BCUT2D eigenvalue weighted by Gasteiger charge is 2.30. The molecule has 0 radical (unpaired) electrons. The lowest BCUT2D eigenvalue weighted by molar-refractivity contribution is -0.127. The van der Waals surface area contributed by atoms with Gasteiger partial charge in [-0.1, -0.05) is 28.1 Å². The van der Waals surface area contributed by atoms with Gasteiger partial charge in [0.05, 0.1) is 0 Å². The lowest BCUT2D eigenvalue weighted by Crippen LogP contribution is -2.25. The molecule has 1 aromatic carbocycles.